The highest BCUT2D eigenvalue weighted by molar-refractivity contribution is 5.47. The molecule has 1 aromatic heterocycles. The Balaban J connectivity index is 2.26. The molecule has 1 aromatic carbocycles. The molecule has 2 aromatic rings. The van der Waals surface area contributed by atoms with Crippen molar-refractivity contribution < 1.29 is 10.0 Å². The number of hydrogen-bond donors (Lipinski definition) is 1. The number of aliphatic hydroxyl groups is 1. The van der Waals surface area contributed by atoms with Crippen molar-refractivity contribution in [1.29, 1.82) is 0 Å². The lowest BCUT2D eigenvalue weighted by molar-refractivity contribution is -0.385. The Morgan fingerprint density at radius 1 is 1.24 bits per heavy atom. The first-order chi connectivity index (χ1) is 10.1. The highest BCUT2D eigenvalue weighted by Gasteiger charge is 2.15. The summed E-state index contributed by atoms with van der Waals surface area (Å²) in [5.74, 6) is 0.621. The molecule has 1 N–H and O–H groups in total. The Kier molecular flexibility index (Phi) is 4.84. The van der Waals surface area contributed by atoms with E-state index in [2.05, 4.69) is 4.98 Å². The minimum Gasteiger partial charge on any atom is -0.395 e. The fraction of sp³-hybridized carbons (Fsp3) is 0.267. The van der Waals surface area contributed by atoms with E-state index in [1.165, 1.54) is 6.07 Å². The van der Waals surface area contributed by atoms with Crippen LogP contribution in [0.4, 0.5) is 11.5 Å². The third-order valence-corrected chi connectivity index (χ3v) is 3.15. The predicted octanol–water partition coefficient (Wildman–Crippen LogP) is 2.30. The largest absolute Gasteiger partial charge is 0.395 e. The molecule has 0 bridgehead atoms. The van der Waals surface area contributed by atoms with Crippen LogP contribution in [0.1, 0.15) is 11.3 Å². The maximum absolute atomic E-state index is 10.8. The summed E-state index contributed by atoms with van der Waals surface area (Å²) in [5, 5.41) is 20.0. The van der Waals surface area contributed by atoms with Gasteiger partial charge in [0.15, 0.2) is 0 Å². The fourth-order valence-electron chi connectivity index (χ4n) is 2.11. The van der Waals surface area contributed by atoms with Crippen molar-refractivity contribution in [2.24, 2.45) is 0 Å². The second-order valence-corrected chi connectivity index (χ2v) is 4.66. The number of benzene rings is 1. The van der Waals surface area contributed by atoms with Crippen molar-refractivity contribution in [2.75, 3.05) is 18.1 Å². The van der Waals surface area contributed by atoms with Crippen LogP contribution in [-0.4, -0.2) is 28.2 Å². The first-order valence-corrected chi connectivity index (χ1v) is 6.63. The van der Waals surface area contributed by atoms with E-state index >= 15 is 0 Å². The second kappa shape index (κ2) is 6.81. The number of aryl methyl sites for hydroxylation is 1. The quantitative estimate of drug-likeness (QED) is 0.651. The molecule has 0 radical (unpaired) electrons. The summed E-state index contributed by atoms with van der Waals surface area (Å²) in [5.41, 5.74) is 1.46. The highest BCUT2D eigenvalue weighted by Crippen LogP contribution is 2.21. The van der Waals surface area contributed by atoms with Crippen molar-refractivity contribution in [3.63, 3.8) is 0 Å². The van der Waals surface area contributed by atoms with Crippen LogP contribution in [0.3, 0.4) is 0 Å². The van der Waals surface area contributed by atoms with Gasteiger partial charge in [0, 0.05) is 19.2 Å². The second-order valence-electron chi connectivity index (χ2n) is 4.66. The van der Waals surface area contributed by atoms with Gasteiger partial charge in [-0.2, -0.15) is 0 Å². The molecule has 6 nitrogen and oxygen atoms in total. The van der Waals surface area contributed by atoms with Gasteiger partial charge in [-0.3, -0.25) is 10.1 Å². The van der Waals surface area contributed by atoms with Crippen molar-refractivity contribution in [2.45, 2.75) is 13.5 Å². The number of nitro groups is 1. The molecule has 21 heavy (non-hydrogen) atoms. The van der Waals surface area contributed by atoms with Crippen LogP contribution in [0.15, 0.2) is 42.5 Å². The van der Waals surface area contributed by atoms with Gasteiger partial charge in [0.2, 0.25) is 0 Å². The third-order valence-electron chi connectivity index (χ3n) is 3.15. The molecule has 0 aliphatic heterocycles. The molecule has 110 valence electrons. The van der Waals surface area contributed by atoms with Crippen LogP contribution in [0.25, 0.3) is 0 Å². The van der Waals surface area contributed by atoms with Gasteiger partial charge in [-0.05, 0) is 18.6 Å². The molecule has 0 saturated heterocycles. The Hall–Kier alpha value is -2.47. The smallest absolute Gasteiger partial charge is 0.290 e. The van der Waals surface area contributed by atoms with Gasteiger partial charge < -0.3 is 10.0 Å². The molecule has 0 saturated carbocycles. The summed E-state index contributed by atoms with van der Waals surface area (Å²) in [4.78, 5) is 16.6. The summed E-state index contributed by atoms with van der Waals surface area (Å²) in [6.07, 6.45) is 0. The maximum Gasteiger partial charge on any atom is 0.290 e. The molecule has 0 fully saturated rings. The third kappa shape index (κ3) is 3.76. The molecule has 0 spiro atoms. The number of hydrogen-bond acceptors (Lipinski definition) is 5. The average molecular weight is 287 g/mol. The molecule has 1 heterocycles. The molecule has 0 atom stereocenters. The zero-order valence-corrected chi connectivity index (χ0v) is 11.8. The van der Waals surface area contributed by atoms with Gasteiger partial charge >= 0.3 is 0 Å². The number of nitrogens with zero attached hydrogens (tertiary/aromatic N) is 3. The summed E-state index contributed by atoms with van der Waals surface area (Å²) in [6.45, 7) is 2.61. The van der Waals surface area contributed by atoms with E-state index in [-0.39, 0.29) is 12.3 Å². The first-order valence-electron chi connectivity index (χ1n) is 6.63. The van der Waals surface area contributed by atoms with E-state index in [1.807, 2.05) is 35.2 Å². The molecule has 0 unspecified atom stereocenters. The average Bonchev–Trinajstić information content (AvgIpc) is 2.47. The van der Waals surface area contributed by atoms with E-state index in [0.717, 1.165) is 5.56 Å². The van der Waals surface area contributed by atoms with Crippen molar-refractivity contribution >= 4 is 11.5 Å². The van der Waals surface area contributed by atoms with Crippen LogP contribution in [-0.2, 0) is 6.54 Å². The Bertz CT molecular complexity index is 617. The molecule has 0 amide bonds. The number of aromatic nitrogens is 1. The SMILES string of the molecule is Cc1nc(N(CCO)Cc2ccccc2)ccc1[N+](=O)[O-]. The normalized spacial score (nSPS) is 10.4. The van der Waals surface area contributed by atoms with E-state index < -0.39 is 4.92 Å². The molecular weight excluding hydrogens is 270 g/mol. The standard InChI is InChI=1S/C15H17N3O3/c1-12-14(18(20)21)7-8-15(16-12)17(9-10-19)11-13-5-3-2-4-6-13/h2-8,19H,9-11H2,1H3. The monoisotopic (exact) mass is 287 g/mol. The zero-order chi connectivity index (χ0) is 15.2. The molecule has 0 aliphatic rings. The Morgan fingerprint density at radius 3 is 2.52 bits per heavy atom. The number of pyridine rings is 1. The minimum atomic E-state index is -0.445. The lowest BCUT2D eigenvalue weighted by atomic mass is 10.2. The lowest BCUT2D eigenvalue weighted by Gasteiger charge is -2.23. The summed E-state index contributed by atoms with van der Waals surface area (Å²) in [7, 11) is 0. The summed E-state index contributed by atoms with van der Waals surface area (Å²) < 4.78 is 0. The predicted molar refractivity (Wildman–Crippen MR) is 80.2 cm³/mol. The molecule has 2 rings (SSSR count). The highest BCUT2D eigenvalue weighted by atomic mass is 16.6. The summed E-state index contributed by atoms with van der Waals surface area (Å²) >= 11 is 0. The van der Waals surface area contributed by atoms with Gasteiger partial charge in [0.05, 0.1) is 11.5 Å². The van der Waals surface area contributed by atoms with Crippen LogP contribution in [0, 0.1) is 17.0 Å². The van der Waals surface area contributed by atoms with E-state index in [9.17, 15) is 15.2 Å². The molecule has 6 heteroatoms. The van der Waals surface area contributed by atoms with Crippen molar-refractivity contribution in [1.82, 2.24) is 4.98 Å². The van der Waals surface area contributed by atoms with E-state index in [1.54, 1.807) is 13.0 Å². The first kappa shape index (κ1) is 14.9. The topological polar surface area (TPSA) is 79.5 Å². The minimum absolute atomic E-state index is 0.00223. The lowest BCUT2D eigenvalue weighted by Crippen LogP contribution is -2.27. The van der Waals surface area contributed by atoms with Crippen molar-refractivity contribution in [3.05, 3.63) is 63.8 Å². The number of rotatable bonds is 6. The van der Waals surface area contributed by atoms with Crippen LogP contribution in [0.2, 0.25) is 0 Å². The van der Waals surface area contributed by atoms with Crippen LogP contribution >= 0.6 is 0 Å². The summed E-state index contributed by atoms with van der Waals surface area (Å²) in [6, 6.07) is 12.9. The Labute approximate surface area is 122 Å². The number of anilines is 1. The van der Waals surface area contributed by atoms with Crippen LogP contribution < -0.4 is 4.90 Å². The van der Waals surface area contributed by atoms with Gasteiger partial charge in [-0.25, -0.2) is 4.98 Å². The molecular formula is C15H17N3O3. The molecule has 0 aliphatic carbocycles. The van der Waals surface area contributed by atoms with Gasteiger partial charge in [-0.15, -0.1) is 0 Å². The zero-order valence-electron chi connectivity index (χ0n) is 11.8. The Morgan fingerprint density at radius 2 is 1.95 bits per heavy atom. The van der Waals surface area contributed by atoms with Crippen molar-refractivity contribution in [3.8, 4) is 0 Å². The van der Waals surface area contributed by atoms with Gasteiger partial charge in [0.25, 0.3) is 5.69 Å². The van der Waals surface area contributed by atoms with Gasteiger partial charge in [0.1, 0.15) is 11.5 Å². The maximum atomic E-state index is 10.8. The van der Waals surface area contributed by atoms with Crippen LogP contribution in [0.5, 0.6) is 0 Å². The van der Waals surface area contributed by atoms with Gasteiger partial charge in [-0.1, -0.05) is 30.3 Å². The fourth-order valence-corrected chi connectivity index (χ4v) is 2.11. The van der Waals surface area contributed by atoms with E-state index in [0.29, 0.717) is 24.6 Å². The number of aliphatic hydroxyl groups excluding tert-OH is 1. The van der Waals surface area contributed by atoms with E-state index in [4.69, 9.17) is 0 Å².